The Morgan fingerprint density at radius 1 is 0.351 bits per heavy atom. The van der Waals surface area contributed by atoms with Crippen LogP contribution in [0.5, 0.6) is 0 Å². The number of fused-ring (bicyclic) bond motifs is 6. The lowest BCUT2D eigenvalue weighted by Crippen LogP contribution is -2.10. The van der Waals surface area contributed by atoms with E-state index in [9.17, 15) is 0 Å². The molecule has 11 aromatic rings. The largest absolute Gasteiger partial charge is 0.456 e. The highest BCUT2D eigenvalue weighted by molar-refractivity contribution is 7.26. The Hall–Kier alpha value is -7.20. The molecule has 0 aliphatic rings. The van der Waals surface area contributed by atoms with E-state index >= 15 is 0 Å². The van der Waals surface area contributed by atoms with Crippen molar-refractivity contribution < 1.29 is 4.42 Å². The van der Waals surface area contributed by atoms with Crippen LogP contribution >= 0.6 is 11.3 Å². The maximum Gasteiger partial charge on any atom is 0.136 e. The number of thiophene rings is 1. The van der Waals surface area contributed by atoms with Crippen LogP contribution in [0.25, 0.3) is 86.6 Å². The number of rotatable bonds is 7. The van der Waals surface area contributed by atoms with E-state index in [2.05, 4.69) is 211 Å². The molecule has 2 aromatic heterocycles. The molecule has 0 saturated carbocycles. The highest BCUT2D eigenvalue weighted by atomic mass is 32.1. The van der Waals surface area contributed by atoms with Crippen LogP contribution in [0.15, 0.2) is 217 Å². The summed E-state index contributed by atoms with van der Waals surface area (Å²) in [5.41, 5.74) is 14.6. The van der Waals surface area contributed by atoms with Gasteiger partial charge >= 0.3 is 0 Å². The van der Waals surface area contributed by atoms with Crippen molar-refractivity contribution in [1.82, 2.24) is 0 Å². The predicted octanol–water partition coefficient (Wildman–Crippen LogP) is 16.1. The molecule has 9 aromatic carbocycles. The van der Waals surface area contributed by atoms with Crippen LogP contribution in [0.3, 0.4) is 0 Å². The van der Waals surface area contributed by atoms with E-state index in [1.807, 2.05) is 17.4 Å². The van der Waals surface area contributed by atoms with Crippen molar-refractivity contribution in [3.05, 3.63) is 212 Å². The van der Waals surface area contributed by atoms with E-state index in [-0.39, 0.29) is 0 Å². The second-order valence-electron chi connectivity index (χ2n) is 14.5. The summed E-state index contributed by atoms with van der Waals surface area (Å²) in [7, 11) is 0. The molecule has 2 nitrogen and oxygen atoms in total. The fourth-order valence-electron chi connectivity index (χ4n) is 8.39. The summed E-state index contributed by atoms with van der Waals surface area (Å²) in [5, 5.41) is 4.80. The molecule has 3 heteroatoms. The first-order valence-electron chi connectivity index (χ1n) is 19.3. The van der Waals surface area contributed by atoms with Crippen molar-refractivity contribution in [3.8, 4) is 44.5 Å². The lowest BCUT2D eigenvalue weighted by molar-refractivity contribution is 0.669. The molecule has 0 unspecified atom stereocenters. The number of nitrogens with zero attached hydrogens (tertiary/aromatic N) is 1. The Labute approximate surface area is 335 Å². The topological polar surface area (TPSA) is 16.4 Å². The molecule has 2 heterocycles. The van der Waals surface area contributed by atoms with Gasteiger partial charge in [0.15, 0.2) is 0 Å². The second-order valence-corrected chi connectivity index (χ2v) is 15.5. The fraction of sp³-hybridized carbons (Fsp3) is 0. The van der Waals surface area contributed by atoms with E-state index < -0.39 is 0 Å². The van der Waals surface area contributed by atoms with Gasteiger partial charge in [-0.15, -0.1) is 11.3 Å². The van der Waals surface area contributed by atoms with Crippen molar-refractivity contribution in [2.75, 3.05) is 4.90 Å². The van der Waals surface area contributed by atoms with Crippen LogP contribution in [0, 0.1) is 0 Å². The summed E-state index contributed by atoms with van der Waals surface area (Å²) in [4.78, 5) is 2.44. The summed E-state index contributed by atoms with van der Waals surface area (Å²) < 4.78 is 8.97. The summed E-state index contributed by atoms with van der Waals surface area (Å²) in [6.45, 7) is 0. The van der Waals surface area contributed by atoms with Gasteiger partial charge in [-0.2, -0.15) is 0 Å². The molecular formula is C54H35NOS. The van der Waals surface area contributed by atoms with Gasteiger partial charge in [0.25, 0.3) is 0 Å². The SMILES string of the molecule is c1ccc(-c2ccc(-c3ccc(N(c4ccc(-c5ccccc5)c(-c5cccc6oc7ccccc7c56)c4)c4cccc5c4sc4ccccc45)cc3)cc2)cc1. The number of benzene rings is 9. The van der Waals surface area contributed by atoms with Gasteiger partial charge < -0.3 is 9.32 Å². The van der Waals surface area contributed by atoms with E-state index in [4.69, 9.17) is 4.42 Å². The smallest absolute Gasteiger partial charge is 0.136 e. The molecule has 0 radical (unpaired) electrons. The zero-order valence-corrected chi connectivity index (χ0v) is 31.8. The summed E-state index contributed by atoms with van der Waals surface area (Å²) in [5.74, 6) is 0. The highest BCUT2D eigenvalue weighted by Crippen LogP contribution is 2.48. The summed E-state index contributed by atoms with van der Waals surface area (Å²) >= 11 is 1.86. The van der Waals surface area contributed by atoms with Crippen molar-refractivity contribution in [2.45, 2.75) is 0 Å². The lowest BCUT2D eigenvalue weighted by atomic mass is 9.91. The van der Waals surface area contributed by atoms with E-state index in [1.165, 1.54) is 53.6 Å². The molecule has 0 saturated heterocycles. The molecule has 268 valence electrons. The third-order valence-electron chi connectivity index (χ3n) is 11.1. The Balaban J connectivity index is 1.11. The quantitative estimate of drug-likeness (QED) is 0.162. The standard InChI is InChI=1S/C54H35NOS/c1-3-13-36(14-4-1)37-25-27-38(28-26-37)39-29-31-41(32-30-39)55(49-21-11-20-46-44-17-8-10-24-52(44)57-54(46)49)42-33-34-43(40-15-5-2-6-16-40)48(35-42)45-19-12-23-51-53(45)47-18-7-9-22-50(47)56-51/h1-35H. The van der Waals surface area contributed by atoms with Crippen LogP contribution in [0.4, 0.5) is 17.1 Å². The Morgan fingerprint density at radius 3 is 1.67 bits per heavy atom. The van der Waals surface area contributed by atoms with Gasteiger partial charge in [-0.1, -0.05) is 164 Å². The predicted molar refractivity (Wildman–Crippen MR) is 243 cm³/mol. The lowest BCUT2D eigenvalue weighted by Gasteiger charge is -2.27. The molecule has 0 fully saturated rings. The van der Waals surface area contributed by atoms with Crippen LogP contribution in [0.2, 0.25) is 0 Å². The van der Waals surface area contributed by atoms with Crippen LogP contribution in [-0.4, -0.2) is 0 Å². The zero-order valence-electron chi connectivity index (χ0n) is 31.0. The first-order chi connectivity index (χ1) is 28.3. The van der Waals surface area contributed by atoms with Gasteiger partial charge in [0.2, 0.25) is 0 Å². The van der Waals surface area contributed by atoms with Crippen molar-refractivity contribution in [2.24, 2.45) is 0 Å². The Morgan fingerprint density at radius 2 is 0.912 bits per heavy atom. The molecule has 0 spiro atoms. The number of furan rings is 1. The molecule has 0 bridgehead atoms. The van der Waals surface area contributed by atoms with E-state index in [0.29, 0.717) is 0 Å². The number of hydrogen-bond acceptors (Lipinski definition) is 3. The van der Waals surface area contributed by atoms with Gasteiger partial charge in [0, 0.05) is 37.6 Å². The minimum Gasteiger partial charge on any atom is -0.456 e. The van der Waals surface area contributed by atoms with Crippen LogP contribution in [0.1, 0.15) is 0 Å². The Kier molecular flexibility index (Phi) is 8.04. The first kappa shape index (κ1) is 33.2. The van der Waals surface area contributed by atoms with Gasteiger partial charge in [-0.25, -0.2) is 0 Å². The molecular weight excluding hydrogens is 711 g/mol. The normalized spacial score (nSPS) is 11.5. The molecule has 0 aliphatic carbocycles. The molecule has 0 atom stereocenters. The molecule has 0 N–H and O–H groups in total. The maximum absolute atomic E-state index is 6.42. The molecule has 57 heavy (non-hydrogen) atoms. The minimum atomic E-state index is 0.886. The van der Waals surface area contributed by atoms with Crippen molar-refractivity contribution in [1.29, 1.82) is 0 Å². The van der Waals surface area contributed by atoms with E-state index in [1.54, 1.807) is 0 Å². The second kappa shape index (κ2) is 13.8. The summed E-state index contributed by atoms with van der Waals surface area (Å²) in [6.07, 6.45) is 0. The third-order valence-corrected chi connectivity index (χ3v) is 12.3. The zero-order chi connectivity index (χ0) is 37.7. The highest BCUT2D eigenvalue weighted by Gasteiger charge is 2.22. The van der Waals surface area contributed by atoms with Crippen LogP contribution in [-0.2, 0) is 0 Å². The van der Waals surface area contributed by atoms with Crippen LogP contribution < -0.4 is 4.90 Å². The number of anilines is 3. The van der Waals surface area contributed by atoms with Crippen molar-refractivity contribution >= 4 is 70.5 Å². The molecule has 0 aliphatic heterocycles. The number of para-hydroxylation sites is 1. The third kappa shape index (κ3) is 5.80. The fourth-order valence-corrected chi connectivity index (χ4v) is 9.59. The maximum atomic E-state index is 6.42. The first-order valence-corrected chi connectivity index (χ1v) is 20.1. The number of hydrogen-bond donors (Lipinski definition) is 0. The minimum absolute atomic E-state index is 0.886. The monoisotopic (exact) mass is 745 g/mol. The molecule has 0 amide bonds. The van der Waals surface area contributed by atoms with E-state index in [0.717, 1.165) is 50.1 Å². The van der Waals surface area contributed by atoms with Gasteiger partial charge in [-0.3, -0.25) is 0 Å². The van der Waals surface area contributed by atoms with Gasteiger partial charge in [0.05, 0.1) is 10.4 Å². The van der Waals surface area contributed by atoms with Gasteiger partial charge in [-0.05, 0) is 93.0 Å². The average molecular weight is 746 g/mol. The summed E-state index contributed by atoms with van der Waals surface area (Å²) in [6, 6.07) is 76.4. The van der Waals surface area contributed by atoms with Gasteiger partial charge in [0.1, 0.15) is 11.2 Å². The Bertz CT molecular complexity index is 3210. The average Bonchev–Trinajstić information content (AvgIpc) is 3.87. The molecule has 11 rings (SSSR count). The van der Waals surface area contributed by atoms with Crippen molar-refractivity contribution in [3.63, 3.8) is 0 Å².